The first-order chi connectivity index (χ1) is 9.72. The van der Waals surface area contributed by atoms with Crippen molar-refractivity contribution in [2.75, 3.05) is 19.0 Å². The van der Waals surface area contributed by atoms with Crippen LogP contribution in [0, 0.1) is 0 Å². The first-order valence-electron chi connectivity index (χ1n) is 6.59. The molecule has 0 N–H and O–H groups in total. The number of ether oxygens (including phenoxy) is 2. The molecule has 4 nitrogen and oxygen atoms in total. The van der Waals surface area contributed by atoms with Crippen molar-refractivity contribution >= 4 is 17.6 Å². The summed E-state index contributed by atoms with van der Waals surface area (Å²) in [5.41, 5.74) is 3.22. The second kappa shape index (κ2) is 4.00. The number of rotatable bonds is 1. The SMILES string of the molecule is CN(C)c1ccc2c(c1)OC1Oc3ccccc3C=[N+]21. The Kier molecular flexibility index (Phi) is 2.27. The highest BCUT2D eigenvalue weighted by molar-refractivity contribution is 5.82. The second-order valence-electron chi connectivity index (χ2n) is 5.16. The van der Waals surface area contributed by atoms with Gasteiger partial charge < -0.3 is 14.4 Å². The zero-order chi connectivity index (χ0) is 13.7. The quantitative estimate of drug-likeness (QED) is 0.742. The van der Waals surface area contributed by atoms with E-state index in [9.17, 15) is 0 Å². The number of nitrogens with zero attached hydrogens (tertiary/aromatic N) is 2. The van der Waals surface area contributed by atoms with E-state index in [2.05, 4.69) is 23.2 Å². The van der Waals surface area contributed by atoms with Gasteiger partial charge in [-0.05, 0) is 18.2 Å². The molecule has 0 bridgehead atoms. The zero-order valence-corrected chi connectivity index (χ0v) is 11.4. The molecule has 0 radical (unpaired) electrons. The van der Waals surface area contributed by atoms with Crippen LogP contribution in [0.25, 0.3) is 0 Å². The van der Waals surface area contributed by atoms with Crippen LogP contribution in [0.1, 0.15) is 5.56 Å². The van der Waals surface area contributed by atoms with E-state index in [1.54, 1.807) is 0 Å². The fourth-order valence-corrected chi connectivity index (χ4v) is 2.53. The van der Waals surface area contributed by atoms with Crippen molar-refractivity contribution in [2.45, 2.75) is 6.41 Å². The lowest BCUT2D eigenvalue weighted by molar-refractivity contribution is -0.555. The van der Waals surface area contributed by atoms with Crippen molar-refractivity contribution < 1.29 is 14.0 Å². The summed E-state index contributed by atoms with van der Waals surface area (Å²) >= 11 is 0. The first kappa shape index (κ1) is 11.3. The molecule has 0 aliphatic carbocycles. The standard InChI is InChI=1S/C16H15N2O2/c1-17(2)12-7-8-13-15(9-12)20-16-18(13)10-11-5-3-4-6-14(11)19-16/h3-10,16H,1-2H3/q+1. The lowest BCUT2D eigenvalue weighted by Crippen LogP contribution is -2.33. The Hall–Kier alpha value is -2.49. The van der Waals surface area contributed by atoms with Crippen molar-refractivity contribution in [3.8, 4) is 11.5 Å². The van der Waals surface area contributed by atoms with Gasteiger partial charge in [-0.3, -0.25) is 0 Å². The fourth-order valence-electron chi connectivity index (χ4n) is 2.53. The van der Waals surface area contributed by atoms with Gasteiger partial charge >= 0.3 is 6.41 Å². The van der Waals surface area contributed by atoms with Gasteiger partial charge in [-0.15, -0.1) is 4.58 Å². The van der Waals surface area contributed by atoms with Gasteiger partial charge in [-0.2, -0.15) is 0 Å². The van der Waals surface area contributed by atoms with Crippen molar-refractivity contribution in [1.29, 1.82) is 0 Å². The molecule has 20 heavy (non-hydrogen) atoms. The van der Waals surface area contributed by atoms with Crippen LogP contribution in [0.2, 0.25) is 0 Å². The van der Waals surface area contributed by atoms with Crippen LogP contribution in [0.15, 0.2) is 42.5 Å². The van der Waals surface area contributed by atoms with Crippen LogP contribution < -0.4 is 14.4 Å². The summed E-state index contributed by atoms with van der Waals surface area (Å²) in [6.07, 6.45) is 1.67. The summed E-state index contributed by atoms with van der Waals surface area (Å²) < 4.78 is 13.8. The van der Waals surface area contributed by atoms with E-state index in [4.69, 9.17) is 9.47 Å². The maximum atomic E-state index is 5.90. The summed E-state index contributed by atoms with van der Waals surface area (Å²) in [6.45, 7) is 0. The van der Waals surface area contributed by atoms with Gasteiger partial charge in [-0.25, -0.2) is 0 Å². The van der Waals surface area contributed by atoms with Crippen LogP contribution >= 0.6 is 0 Å². The summed E-state index contributed by atoms with van der Waals surface area (Å²) in [5, 5.41) is 0. The van der Waals surface area contributed by atoms with Crippen molar-refractivity contribution in [2.24, 2.45) is 0 Å². The number of fused-ring (bicyclic) bond motifs is 4. The summed E-state index contributed by atoms with van der Waals surface area (Å²) in [4.78, 5) is 2.06. The molecule has 2 aliphatic rings. The summed E-state index contributed by atoms with van der Waals surface area (Å²) in [5.74, 6) is 1.71. The molecule has 0 fully saturated rings. The Labute approximate surface area is 117 Å². The monoisotopic (exact) mass is 267 g/mol. The van der Waals surface area contributed by atoms with E-state index in [-0.39, 0.29) is 0 Å². The molecule has 2 heterocycles. The number of hydrogen-bond donors (Lipinski definition) is 0. The van der Waals surface area contributed by atoms with Crippen LogP contribution in [-0.4, -0.2) is 31.3 Å². The Morgan fingerprint density at radius 1 is 1.00 bits per heavy atom. The summed E-state index contributed by atoms with van der Waals surface area (Å²) in [7, 11) is 4.03. The van der Waals surface area contributed by atoms with Crippen molar-refractivity contribution in [3.63, 3.8) is 0 Å². The van der Waals surface area contributed by atoms with E-state index in [0.717, 1.165) is 28.4 Å². The van der Waals surface area contributed by atoms with Gasteiger partial charge in [0.05, 0.1) is 5.56 Å². The molecular weight excluding hydrogens is 252 g/mol. The predicted octanol–water partition coefficient (Wildman–Crippen LogP) is 2.58. The summed E-state index contributed by atoms with van der Waals surface area (Å²) in [6, 6.07) is 14.2. The minimum atomic E-state index is -0.405. The maximum absolute atomic E-state index is 5.90. The second-order valence-corrected chi connectivity index (χ2v) is 5.16. The molecule has 2 aromatic carbocycles. The van der Waals surface area contributed by atoms with Crippen LogP contribution in [0.3, 0.4) is 0 Å². The molecular formula is C16H15N2O2+. The average Bonchev–Trinajstić information content (AvgIpc) is 2.81. The van der Waals surface area contributed by atoms with Crippen molar-refractivity contribution in [1.82, 2.24) is 0 Å². The van der Waals surface area contributed by atoms with E-state index in [1.165, 1.54) is 0 Å². The van der Waals surface area contributed by atoms with Crippen LogP contribution in [-0.2, 0) is 0 Å². The largest absolute Gasteiger partial charge is 0.468 e. The average molecular weight is 267 g/mol. The van der Waals surface area contributed by atoms with E-state index in [0.29, 0.717) is 0 Å². The molecule has 2 aromatic rings. The normalized spacial score (nSPS) is 18.1. The minimum absolute atomic E-state index is 0.405. The topological polar surface area (TPSA) is 24.7 Å². The van der Waals surface area contributed by atoms with Gasteiger partial charge in [0.1, 0.15) is 5.75 Å². The smallest absolute Gasteiger partial charge is 0.401 e. The Morgan fingerprint density at radius 2 is 1.80 bits per heavy atom. The molecule has 0 spiro atoms. The van der Waals surface area contributed by atoms with Gasteiger partial charge in [0.25, 0.3) is 5.69 Å². The first-order valence-corrected chi connectivity index (χ1v) is 6.59. The molecule has 0 amide bonds. The van der Waals surface area contributed by atoms with Crippen LogP contribution in [0.4, 0.5) is 11.4 Å². The molecule has 4 heteroatoms. The van der Waals surface area contributed by atoms with Crippen molar-refractivity contribution in [3.05, 3.63) is 48.0 Å². The lowest BCUT2D eigenvalue weighted by atomic mass is 10.2. The van der Waals surface area contributed by atoms with E-state index >= 15 is 0 Å². The zero-order valence-electron chi connectivity index (χ0n) is 11.4. The molecule has 1 atom stereocenters. The third kappa shape index (κ3) is 1.58. The van der Waals surface area contributed by atoms with Gasteiger partial charge in [-0.1, -0.05) is 12.1 Å². The highest BCUT2D eigenvalue weighted by Crippen LogP contribution is 2.40. The Morgan fingerprint density at radius 3 is 2.65 bits per heavy atom. The fraction of sp³-hybridized carbons (Fsp3) is 0.188. The van der Waals surface area contributed by atoms with Gasteiger partial charge in [0.15, 0.2) is 6.21 Å². The molecule has 100 valence electrons. The molecule has 2 aliphatic heterocycles. The highest BCUT2D eigenvalue weighted by Gasteiger charge is 2.41. The third-order valence-electron chi connectivity index (χ3n) is 3.62. The van der Waals surface area contributed by atoms with E-state index < -0.39 is 6.41 Å². The number of para-hydroxylation sites is 1. The van der Waals surface area contributed by atoms with E-state index in [1.807, 2.05) is 49.0 Å². The Balaban J connectivity index is 1.81. The number of hydrogen-bond acceptors (Lipinski definition) is 3. The molecule has 0 saturated carbocycles. The van der Waals surface area contributed by atoms with Gasteiger partial charge in [0.2, 0.25) is 5.75 Å². The van der Waals surface area contributed by atoms with Gasteiger partial charge in [0, 0.05) is 31.9 Å². The Bertz CT molecular complexity index is 722. The lowest BCUT2D eigenvalue weighted by Gasteiger charge is -2.15. The third-order valence-corrected chi connectivity index (χ3v) is 3.62. The predicted molar refractivity (Wildman–Crippen MR) is 77.3 cm³/mol. The molecule has 1 unspecified atom stereocenters. The molecule has 0 aromatic heterocycles. The number of anilines is 1. The highest BCUT2D eigenvalue weighted by atomic mass is 16.7. The maximum Gasteiger partial charge on any atom is 0.468 e. The van der Waals surface area contributed by atoms with Crippen LogP contribution in [0.5, 0.6) is 11.5 Å². The number of benzene rings is 2. The molecule has 0 saturated heterocycles. The minimum Gasteiger partial charge on any atom is -0.401 e. The molecule has 4 rings (SSSR count).